The molecule has 154 valence electrons. The average Bonchev–Trinajstić information content (AvgIpc) is 2.72. The molecular weight excluding hydrogens is 368 g/mol. The topological polar surface area (TPSA) is 113 Å². The molecule has 0 aliphatic carbocycles. The number of nitrogens with one attached hydrogen (secondary N) is 3. The summed E-state index contributed by atoms with van der Waals surface area (Å²) in [7, 11) is 0. The molecule has 0 spiro atoms. The van der Waals surface area contributed by atoms with E-state index >= 15 is 0 Å². The summed E-state index contributed by atoms with van der Waals surface area (Å²) < 4.78 is 0. The first-order valence-corrected chi connectivity index (χ1v) is 9.63. The molecule has 2 rings (SSSR count). The van der Waals surface area contributed by atoms with Gasteiger partial charge in [-0.05, 0) is 44.4 Å². The largest absolute Gasteiger partial charge is 0.343 e. The Bertz CT molecular complexity index is 809. The van der Waals surface area contributed by atoms with Gasteiger partial charge < -0.3 is 21.7 Å². The molecule has 0 aliphatic rings. The third kappa shape index (κ3) is 7.38. The number of carbonyl (C=O) groups excluding carboxylic acids is 3. The fourth-order valence-electron chi connectivity index (χ4n) is 2.68. The number of carbonyl (C=O) groups is 3. The normalized spacial score (nSPS) is 13.6. The molecule has 0 radical (unpaired) electrons. The third-order valence-electron chi connectivity index (χ3n) is 4.40. The summed E-state index contributed by atoms with van der Waals surface area (Å²) in [5, 5.41) is 8.09. The Labute approximate surface area is 171 Å². The maximum Gasteiger partial charge on any atom is 0.246 e. The number of aryl methyl sites for hydroxylation is 1. The van der Waals surface area contributed by atoms with Crippen LogP contribution in [0.4, 0.5) is 5.69 Å². The number of amides is 3. The summed E-state index contributed by atoms with van der Waals surface area (Å²) in [6, 6.07) is 16.4. The van der Waals surface area contributed by atoms with Crippen LogP contribution in [-0.2, 0) is 20.8 Å². The van der Waals surface area contributed by atoms with E-state index in [1.807, 2.05) is 48.5 Å². The summed E-state index contributed by atoms with van der Waals surface area (Å²) >= 11 is 0. The third-order valence-corrected chi connectivity index (χ3v) is 4.40. The van der Waals surface area contributed by atoms with Crippen molar-refractivity contribution in [3.05, 3.63) is 66.2 Å². The van der Waals surface area contributed by atoms with Crippen LogP contribution in [0.25, 0.3) is 0 Å². The zero-order valence-electron chi connectivity index (χ0n) is 16.7. The van der Waals surface area contributed by atoms with Crippen molar-refractivity contribution >= 4 is 23.4 Å². The van der Waals surface area contributed by atoms with Gasteiger partial charge in [-0.3, -0.25) is 14.4 Å². The van der Waals surface area contributed by atoms with Crippen LogP contribution in [0.3, 0.4) is 0 Å². The Morgan fingerprint density at radius 3 is 2.00 bits per heavy atom. The molecule has 2 aromatic rings. The highest BCUT2D eigenvalue weighted by Crippen LogP contribution is 2.08. The lowest BCUT2D eigenvalue weighted by Gasteiger charge is -2.22. The summed E-state index contributed by atoms with van der Waals surface area (Å²) in [6.45, 7) is 3.15. The fraction of sp³-hybridized carbons (Fsp3) is 0.318. The molecular formula is C22H28N4O3. The lowest BCUT2D eigenvalue weighted by Crippen LogP contribution is -2.54. The maximum atomic E-state index is 12.7. The summed E-state index contributed by atoms with van der Waals surface area (Å²) in [5.74, 6) is -1.19. The van der Waals surface area contributed by atoms with Crippen LogP contribution < -0.4 is 21.7 Å². The van der Waals surface area contributed by atoms with Crippen molar-refractivity contribution in [1.82, 2.24) is 10.6 Å². The molecule has 29 heavy (non-hydrogen) atoms. The van der Waals surface area contributed by atoms with Crippen molar-refractivity contribution in [2.75, 3.05) is 5.32 Å². The van der Waals surface area contributed by atoms with Crippen molar-refractivity contribution in [2.45, 2.75) is 44.8 Å². The highest BCUT2D eigenvalue weighted by atomic mass is 16.2. The quantitative estimate of drug-likeness (QED) is 0.515. The van der Waals surface area contributed by atoms with Crippen LogP contribution in [0.2, 0.25) is 0 Å². The van der Waals surface area contributed by atoms with Gasteiger partial charge in [-0.2, -0.15) is 0 Å². The molecule has 0 heterocycles. The Kier molecular flexibility index (Phi) is 8.36. The molecule has 7 nitrogen and oxygen atoms in total. The van der Waals surface area contributed by atoms with E-state index in [1.54, 1.807) is 26.0 Å². The Balaban J connectivity index is 1.98. The smallest absolute Gasteiger partial charge is 0.246 e. The van der Waals surface area contributed by atoms with E-state index in [-0.39, 0.29) is 5.91 Å². The Morgan fingerprint density at radius 2 is 1.41 bits per heavy atom. The van der Waals surface area contributed by atoms with Crippen LogP contribution in [-0.4, -0.2) is 35.8 Å². The van der Waals surface area contributed by atoms with E-state index < -0.39 is 29.9 Å². The molecule has 0 aliphatic heterocycles. The predicted octanol–water partition coefficient (Wildman–Crippen LogP) is 1.59. The van der Waals surface area contributed by atoms with Crippen molar-refractivity contribution in [2.24, 2.45) is 5.73 Å². The van der Waals surface area contributed by atoms with Gasteiger partial charge in [0.05, 0.1) is 6.04 Å². The van der Waals surface area contributed by atoms with Gasteiger partial charge in [0.15, 0.2) is 0 Å². The van der Waals surface area contributed by atoms with Gasteiger partial charge in [-0.15, -0.1) is 0 Å². The van der Waals surface area contributed by atoms with Crippen LogP contribution >= 0.6 is 0 Å². The Hall–Kier alpha value is -3.19. The first-order chi connectivity index (χ1) is 13.9. The minimum atomic E-state index is -0.791. The zero-order chi connectivity index (χ0) is 21.2. The number of hydrogen-bond donors (Lipinski definition) is 4. The summed E-state index contributed by atoms with van der Waals surface area (Å²) in [4.78, 5) is 37.1. The van der Waals surface area contributed by atoms with Crippen LogP contribution in [0, 0.1) is 0 Å². The van der Waals surface area contributed by atoms with Crippen molar-refractivity contribution in [1.29, 1.82) is 0 Å². The SMILES string of the molecule is C[C@@H](N)C(=O)N[C@@H](CCc1ccccc1)C(=O)N[C@H](C)C(=O)Nc1ccccc1. The Morgan fingerprint density at radius 1 is 0.828 bits per heavy atom. The van der Waals surface area contributed by atoms with Crippen molar-refractivity contribution in [3.63, 3.8) is 0 Å². The highest BCUT2D eigenvalue weighted by Gasteiger charge is 2.25. The lowest BCUT2D eigenvalue weighted by atomic mass is 10.0. The summed E-state index contributed by atoms with van der Waals surface area (Å²) in [5.41, 5.74) is 7.31. The summed E-state index contributed by atoms with van der Waals surface area (Å²) in [6.07, 6.45) is 0.990. The van der Waals surface area contributed by atoms with Crippen LogP contribution in [0.15, 0.2) is 60.7 Å². The van der Waals surface area contributed by atoms with Crippen molar-refractivity contribution < 1.29 is 14.4 Å². The molecule has 0 fully saturated rings. The molecule has 0 saturated carbocycles. The second kappa shape index (κ2) is 11.0. The number of para-hydroxylation sites is 1. The van der Waals surface area contributed by atoms with Crippen LogP contribution in [0.1, 0.15) is 25.8 Å². The van der Waals surface area contributed by atoms with Gasteiger partial charge in [-0.25, -0.2) is 0 Å². The molecule has 2 aromatic carbocycles. The van der Waals surface area contributed by atoms with E-state index in [2.05, 4.69) is 16.0 Å². The van der Waals surface area contributed by atoms with E-state index in [1.165, 1.54) is 0 Å². The number of benzene rings is 2. The molecule has 3 amide bonds. The monoisotopic (exact) mass is 396 g/mol. The molecule has 0 aromatic heterocycles. The van der Waals surface area contributed by atoms with Gasteiger partial charge in [-0.1, -0.05) is 48.5 Å². The van der Waals surface area contributed by atoms with E-state index in [0.717, 1.165) is 5.56 Å². The van der Waals surface area contributed by atoms with Gasteiger partial charge >= 0.3 is 0 Å². The molecule has 7 heteroatoms. The number of hydrogen-bond acceptors (Lipinski definition) is 4. The van der Waals surface area contributed by atoms with Crippen molar-refractivity contribution in [3.8, 4) is 0 Å². The molecule has 0 saturated heterocycles. The number of anilines is 1. The predicted molar refractivity (Wildman–Crippen MR) is 113 cm³/mol. The highest BCUT2D eigenvalue weighted by molar-refractivity contribution is 5.98. The molecule has 5 N–H and O–H groups in total. The maximum absolute atomic E-state index is 12.7. The van der Waals surface area contributed by atoms with Gasteiger partial charge in [0.1, 0.15) is 12.1 Å². The van der Waals surface area contributed by atoms with E-state index in [9.17, 15) is 14.4 Å². The lowest BCUT2D eigenvalue weighted by molar-refractivity contribution is -0.131. The van der Waals surface area contributed by atoms with Gasteiger partial charge in [0.2, 0.25) is 17.7 Å². The number of nitrogens with two attached hydrogens (primary N) is 1. The molecule has 0 unspecified atom stereocenters. The number of rotatable bonds is 9. The van der Waals surface area contributed by atoms with E-state index in [4.69, 9.17) is 5.73 Å². The second-order valence-electron chi connectivity index (χ2n) is 6.96. The molecule has 3 atom stereocenters. The molecule has 0 bridgehead atoms. The zero-order valence-corrected chi connectivity index (χ0v) is 16.7. The first-order valence-electron chi connectivity index (χ1n) is 9.63. The standard InChI is InChI=1S/C22H28N4O3/c1-15(23)20(27)26-19(14-13-17-9-5-3-6-10-17)22(29)24-16(2)21(28)25-18-11-7-4-8-12-18/h3-12,15-16,19H,13-14,23H2,1-2H3,(H,24,29)(H,25,28)(H,26,27)/t15-,16-,19+/m1/s1. The van der Waals surface area contributed by atoms with Crippen LogP contribution in [0.5, 0.6) is 0 Å². The minimum absolute atomic E-state index is 0.343. The average molecular weight is 396 g/mol. The van der Waals surface area contributed by atoms with Gasteiger partial charge in [0.25, 0.3) is 0 Å². The van der Waals surface area contributed by atoms with Gasteiger partial charge in [0, 0.05) is 5.69 Å². The second-order valence-corrected chi connectivity index (χ2v) is 6.96. The minimum Gasteiger partial charge on any atom is -0.343 e. The first kappa shape index (κ1) is 22.1. The van der Waals surface area contributed by atoms with E-state index in [0.29, 0.717) is 18.5 Å². The fourth-order valence-corrected chi connectivity index (χ4v) is 2.68.